The summed E-state index contributed by atoms with van der Waals surface area (Å²) < 4.78 is 0. The van der Waals surface area contributed by atoms with Gasteiger partial charge in [-0.25, -0.2) is 9.97 Å². The number of aryl methyl sites for hydroxylation is 1. The molecule has 6 nitrogen and oxygen atoms in total. The van der Waals surface area contributed by atoms with E-state index >= 15 is 0 Å². The highest BCUT2D eigenvalue weighted by molar-refractivity contribution is 7.99. The minimum absolute atomic E-state index is 0.232. The molecule has 8 heteroatoms. The van der Waals surface area contributed by atoms with Gasteiger partial charge in [0, 0.05) is 59.7 Å². The highest BCUT2D eigenvalue weighted by Gasteiger charge is 2.21. The van der Waals surface area contributed by atoms with Crippen LogP contribution in [-0.2, 0) is 6.42 Å². The number of hydrogen-bond donors (Lipinski definition) is 1. The van der Waals surface area contributed by atoms with Crippen molar-refractivity contribution in [1.82, 2.24) is 20.3 Å². The predicted molar refractivity (Wildman–Crippen MR) is 112 cm³/mol. The van der Waals surface area contributed by atoms with E-state index in [2.05, 4.69) is 32.1 Å². The maximum Gasteiger partial charge on any atom is 0.289 e. The van der Waals surface area contributed by atoms with E-state index in [1.807, 2.05) is 35.3 Å². The van der Waals surface area contributed by atoms with Crippen LogP contribution in [0.3, 0.4) is 0 Å². The zero-order chi connectivity index (χ0) is 18.6. The molecule has 4 rings (SSSR count). The first-order chi connectivity index (χ1) is 13.2. The summed E-state index contributed by atoms with van der Waals surface area (Å²) in [7, 11) is 0. The average Bonchev–Trinajstić information content (AvgIpc) is 3.10. The number of thioether (sulfide) groups is 1. The van der Waals surface area contributed by atoms with Gasteiger partial charge in [0.15, 0.2) is 0 Å². The minimum Gasteiger partial charge on any atom is -0.354 e. The Bertz CT molecular complexity index is 938. The van der Waals surface area contributed by atoms with Crippen LogP contribution in [0.15, 0.2) is 29.8 Å². The van der Waals surface area contributed by atoms with Crippen molar-refractivity contribution in [3.8, 4) is 0 Å². The fourth-order valence-electron chi connectivity index (χ4n) is 3.13. The summed E-state index contributed by atoms with van der Waals surface area (Å²) in [5.41, 5.74) is 1.81. The number of nitrogens with one attached hydrogen (secondary N) is 1. The number of amides is 1. The Balaban J connectivity index is 1.55. The lowest BCUT2D eigenvalue weighted by atomic mass is 10.2. The van der Waals surface area contributed by atoms with Gasteiger partial charge in [0.25, 0.3) is 5.91 Å². The van der Waals surface area contributed by atoms with Crippen molar-refractivity contribution in [2.24, 2.45) is 0 Å². The molecule has 4 heterocycles. The molecule has 3 aromatic heterocycles. The van der Waals surface area contributed by atoms with Gasteiger partial charge in [-0.2, -0.15) is 11.8 Å². The fraction of sp³-hybridized carbons (Fsp3) is 0.368. The lowest BCUT2D eigenvalue weighted by Gasteiger charge is -2.28. The van der Waals surface area contributed by atoms with Crippen molar-refractivity contribution >= 4 is 45.7 Å². The quantitative estimate of drug-likeness (QED) is 0.711. The number of aromatic nitrogens is 3. The van der Waals surface area contributed by atoms with Crippen LogP contribution >= 0.6 is 23.1 Å². The molecule has 27 heavy (non-hydrogen) atoms. The van der Waals surface area contributed by atoms with Crippen LogP contribution in [0.5, 0.6) is 0 Å². The second kappa shape index (κ2) is 8.22. The Kier molecular flexibility index (Phi) is 5.54. The Labute approximate surface area is 166 Å². The molecule has 0 atom stereocenters. The third-order valence-electron chi connectivity index (χ3n) is 4.52. The van der Waals surface area contributed by atoms with Crippen molar-refractivity contribution in [3.05, 3.63) is 46.2 Å². The topological polar surface area (TPSA) is 71.0 Å². The molecule has 1 aliphatic heterocycles. The molecule has 0 radical (unpaired) electrons. The number of thiophene rings is 1. The van der Waals surface area contributed by atoms with Crippen LogP contribution in [0.25, 0.3) is 10.9 Å². The monoisotopic (exact) mass is 399 g/mol. The van der Waals surface area contributed by atoms with Crippen LogP contribution in [0.1, 0.15) is 21.2 Å². The first kappa shape index (κ1) is 18.2. The molecular weight excluding hydrogens is 378 g/mol. The Morgan fingerprint density at radius 2 is 2.11 bits per heavy atom. The van der Waals surface area contributed by atoms with E-state index in [9.17, 15) is 4.79 Å². The van der Waals surface area contributed by atoms with Gasteiger partial charge in [-0.3, -0.25) is 9.78 Å². The van der Waals surface area contributed by atoms with Crippen molar-refractivity contribution in [3.63, 3.8) is 0 Å². The summed E-state index contributed by atoms with van der Waals surface area (Å²) in [4.78, 5) is 29.6. The van der Waals surface area contributed by atoms with Gasteiger partial charge in [-0.15, -0.1) is 11.3 Å². The molecule has 140 valence electrons. The molecule has 0 unspecified atom stereocenters. The summed E-state index contributed by atoms with van der Waals surface area (Å²) in [5.74, 6) is 3.08. The van der Waals surface area contributed by atoms with E-state index in [1.54, 1.807) is 17.5 Å². The van der Waals surface area contributed by atoms with Gasteiger partial charge in [-0.05, 0) is 19.1 Å². The van der Waals surface area contributed by atoms with Gasteiger partial charge >= 0.3 is 0 Å². The molecule has 0 aliphatic carbocycles. The smallest absolute Gasteiger partial charge is 0.289 e. The molecule has 1 saturated heterocycles. The molecule has 1 N–H and O–H groups in total. The third kappa shape index (κ3) is 4.06. The van der Waals surface area contributed by atoms with E-state index in [0.717, 1.165) is 47.0 Å². The number of anilines is 1. The molecule has 0 saturated carbocycles. The Morgan fingerprint density at radius 1 is 1.26 bits per heavy atom. The summed E-state index contributed by atoms with van der Waals surface area (Å²) in [6, 6.07) is 5.78. The summed E-state index contributed by atoms with van der Waals surface area (Å²) in [6.07, 6.45) is 2.44. The molecule has 0 bridgehead atoms. The molecular formula is C19H21N5OS2. The number of carbonyl (C=O) groups is 1. The van der Waals surface area contributed by atoms with Gasteiger partial charge in [-0.1, -0.05) is 6.07 Å². The number of pyridine rings is 1. The van der Waals surface area contributed by atoms with E-state index in [0.29, 0.717) is 13.0 Å². The van der Waals surface area contributed by atoms with Crippen molar-refractivity contribution in [1.29, 1.82) is 0 Å². The van der Waals surface area contributed by atoms with Gasteiger partial charge in [0.1, 0.15) is 5.82 Å². The molecule has 1 aliphatic rings. The SMILES string of the molecule is Cc1scc2nc(C(=O)NCCc3ccccn3)nc(N3CCSCC3)c12. The van der Waals surface area contributed by atoms with Gasteiger partial charge in [0.2, 0.25) is 5.82 Å². The summed E-state index contributed by atoms with van der Waals surface area (Å²) in [6.45, 7) is 4.50. The number of fused-ring (bicyclic) bond motifs is 1. The van der Waals surface area contributed by atoms with Crippen LogP contribution in [0, 0.1) is 6.92 Å². The summed E-state index contributed by atoms with van der Waals surface area (Å²) in [5, 5.41) is 6.02. The van der Waals surface area contributed by atoms with E-state index in [4.69, 9.17) is 0 Å². The highest BCUT2D eigenvalue weighted by atomic mass is 32.2. The normalized spacial score (nSPS) is 14.5. The van der Waals surface area contributed by atoms with Crippen molar-refractivity contribution in [2.75, 3.05) is 36.0 Å². The molecule has 1 fully saturated rings. The average molecular weight is 400 g/mol. The lowest BCUT2D eigenvalue weighted by Crippen LogP contribution is -2.34. The number of hydrogen-bond acceptors (Lipinski definition) is 7. The van der Waals surface area contributed by atoms with Crippen molar-refractivity contribution < 1.29 is 4.79 Å². The number of nitrogens with zero attached hydrogens (tertiary/aromatic N) is 4. The van der Waals surface area contributed by atoms with E-state index < -0.39 is 0 Å². The Morgan fingerprint density at radius 3 is 2.89 bits per heavy atom. The first-order valence-corrected chi connectivity index (χ1v) is 11.0. The highest BCUT2D eigenvalue weighted by Crippen LogP contribution is 2.32. The molecule has 3 aromatic rings. The zero-order valence-electron chi connectivity index (χ0n) is 15.1. The second-order valence-electron chi connectivity index (χ2n) is 6.35. The molecule has 1 amide bonds. The van der Waals surface area contributed by atoms with Gasteiger partial charge in [0.05, 0.1) is 10.9 Å². The van der Waals surface area contributed by atoms with E-state index in [1.165, 1.54) is 4.88 Å². The Hall–Kier alpha value is -2.19. The van der Waals surface area contributed by atoms with Gasteiger partial charge < -0.3 is 10.2 Å². The van der Waals surface area contributed by atoms with Crippen LogP contribution in [0.2, 0.25) is 0 Å². The van der Waals surface area contributed by atoms with E-state index in [-0.39, 0.29) is 11.7 Å². The zero-order valence-corrected chi connectivity index (χ0v) is 16.8. The molecule has 0 spiro atoms. The lowest BCUT2D eigenvalue weighted by molar-refractivity contribution is 0.0944. The first-order valence-electron chi connectivity index (χ1n) is 8.99. The largest absolute Gasteiger partial charge is 0.354 e. The molecule has 0 aromatic carbocycles. The van der Waals surface area contributed by atoms with Crippen molar-refractivity contribution in [2.45, 2.75) is 13.3 Å². The third-order valence-corrected chi connectivity index (χ3v) is 6.37. The van der Waals surface area contributed by atoms with Crippen LogP contribution in [0.4, 0.5) is 5.82 Å². The second-order valence-corrected chi connectivity index (χ2v) is 8.66. The summed E-state index contributed by atoms with van der Waals surface area (Å²) >= 11 is 3.61. The van der Waals surface area contributed by atoms with Crippen LogP contribution < -0.4 is 10.2 Å². The number of rotatable bonds is 5. The predicted octanol–water partition coefficient (Wildman–Crippen LogP) is 2.92. The van der Waals surface area contributed by atoms with Crippen LogP contribution in [-0.4, -0.2) is 52.0 Å². The standard InChI is InChI=1S/C19H21N5OS2/c1-13-16-15(12-27-13)22-17(23-18(16)24-8-10-26-11-9-24)19(25)21-7-5-14-4-2-3-6-20-14/h2-4,6,12H,5,7-11H2,1H3,(H,21,25). The maximum absolute atomic E-state index is 12.6. The number of carbonyl (C=O) groups excluding carboxylic acids is 1. The minimum atomic E-state index is -0.232. The fourth-order valence-corrected chi connectivity index (χ4v) is 4.80. The maximum atomic E-state index is 12.6.